The largest absolute Gasteiger partial charge is 0.481 e. The van der Waals surface area contributed by atoms with E-state index < -0.39 is 79.0 Å². The number of carboxylic acid groups (broad SMARTS) is 2. The predicted octanol–water partition coefficient (Wildman–Crippen LogP) is -3.11. The van der Waals surface area contributed by atoms with Gasteiger partial charge in [0.2, 0.25) is 23.6 Å². The van der Waals surface area contributed by atoms with Crippen LogP contribution in [0.15, 0.2) is 35.3 Å². The van der Waals surface area contributed by atoms with E-state index in [2.05, 4.69) is 20.9 Å². The van der Waals surface area contributed by atoms with E-state index in [0.29, 0.717) is 12.0 Å². The third-order valence-electron chi connectivity index (χ3n) is 5.52. The van der Waals surface area contributed by atoms with Gasteiger partial charge in [0.1, 0.15) is 18.1 Å². The normalized spacial score (nSPS) is 13.5. The van der Waals surface area contributed by atoms with Crippen LogP contribution in [0.25, 0.3) is 0 Å². The van der Waals surface area contributed by atoms with Crippen molar-refractivity contribution in [2.45, 2.75) is 62.7 Å². The van der Waals surface area contributed by atoms with Crippen LogP contribution >= 0.6 is 0 Å². The van der Waals surface area contributed by atoms with E-state index in [1.54, 1.807) is 30.3 Å². The number of rotatable bonds is 18. The molecule has 13 N–H and O–H groups in total. The monoisotopic (exact) mass is 564 g/mol. The van der Waals surface area contributed by atoms with Crippen molar-refractivity contribution in [1.82, 2.24) is 16.0 Å². The summed E-state index contributed by atoms with van der Waals surface area (Å²) >= 11 is 0. The number of hydrogen-bond donors (Lipinski definition) is 9. The number of nitrogens with two attached hydrogens (primary N) is 4. The second kappa shape index (κ2) is 17.0. The van der Waals surface area contributed by atoms with Crippen LogP contribution in [0, 0.1) is 0 Å². The fourth-order valence-corrected chi connectivity index (χ4v) is 3.47. The number of carboxylic acids is 2. The summed E-state index contributed by atoms with van der Waals surface area (Å²) in [4.78, 5) is 76.4. The van der Waals surface area contributed by atoms with Crippen molar-refractivity contribution in [3.63, 3.8) is 0 Å². The second-order valence-corrected chi connectivity index (χ2v) is 8.87. The number of aliphatic carboxylic acids is 2. The lowest BCUT2D eigenvalue weighted by atomic mass is 10.0. The Kier molecular flexibility index (Phi) is 14.1. The number of primary amides is 1. The van der Waals surface area contributed by atoms with E-state index in [1.165, 1.54) is 0 Å². The minimum Gasteiger partial charge on any atom is -0.481 e. The van der Waals surface area contributed by atoms with Gasteiger partial charge < -0.3 is 49.1 Å². The number of guanidine groups is 1. The Bertz CT molecular complexity index is 1080. The lowest BCUT2D eigenvalue weighted by Gasteiger charge is -2.25. The van der Waals surface area contributed by atoms with Gasteiger partial charge in [0.05, 0.1) is 12.5 Å². The Balaban J connectivity index is 3.09. The molecule has 1 rings (SSSR count). The molecule has 0 heterocycles. The van der Waals surface area contributed by atoms with Crippen LogP contribution in [-0.4, -0.2) is 82.5 Å². The molecule has 16 nitrogen and oxygen atoms in total. The van der Waals surface area contributed by atoms with Gasteiger partial charge in [-0.2, -0.15) is 0 Å². The highest BCUT2D eigenvalue weighted by molar-refractivity contribution is 5.95. The van der Waals surface area contributed by atoms with E-state index in [4.69, 9.17) is 28.0 Å². The molecule has 0 aliphatic heterocycles. The first-order valence-electron chi connectivity index (χ1n) is 12.3. The van der Waals surface area contributed by atoms with Crippen molar-refractivity contribution in [3.8, 4) is 0 Å². The number of carbonyl (C=O) groups is 6. The summed E-state index contributed by atoms with van der Waals surface area (Å²) in [6.07, 6.45) is -1.12. The number of hydrogen-bond acceptors (Lipinski definition) is 8. The summed E-state index contributed by atoms with van der Waals surface area (Å²) in [7, 11) is 0. The first-order chi connectivity index (χ1) is 18.8. The van der Waals surface area contributed by atoms with E-state index >= 15 is 0 Å². The average Bonchev–Trinajstić information content (AvgIpc) is 2.87. The summed E-state index contributed by atoms with van der Waals surface area (Å²) in [5.41, 5.74) is 22.2. The Morgan fingerprint density at radius 3 is 1.93 bits per heavy atom. The van der Waals surface area contributed by atoms with Crippen LogP contribution in [0.3, 0.4) is 0 Å². The van der Waals surface area contributed by atoms with Gasteiger partial charge in [0, 0.05) is 19.4 Å². The highest BCUT2D eigenvalue weighted by Gasteiger charge is 2.31. The first kappa shape index (κ1) is 33.3. The molecular weight excluding hydrogens is 528 g/mol. The molecule has 1 aromatic carbocycles. The van der Waals surface area contributed by atoms with E-state index in [-0.39, 0.29) is 25.3 Å². The maximum absolute atomic E-state index is 13.3. The molecule has 4 atom stereocenters. The summed E-state index contributed by atoms with van der Waals surface area (Å²) in [5.74, 6) is -6.51. The zero-order valence-corrected chi connectivity index (χ0v) is 21.7. The SMILES string of the molecule is NC(=O)CC(NC(=O)C(CCC(=O)O)NC(=O)C(Cc1ccccc1)NC(=O)C(N)CCCN=C(N)N)C(=O)O. The first-order valence-corrected chi connectivity index (χ1v) is 12.3. The van der Waals surface area contributed by atoms with Crippen molar-refractivity contribution in [3.05, 3.63) is 35.9 Å². The van der Waals surface area contributed by atoms with Crippen LogP contribution in [-0.2, 0) is 35.2 Å². The predicted molar refractivity (Wildman–Crippen MR) is 142 cm³/mol. The molecule has 0 bridgehead atoms. The molecule has 0 radical (unpaired) electrons. The summed E-state index contributed by atoms with van der Waals surface area (Å²) in [6.45, 7) is 0.241. The molecule has 0 saturated carbocycles. The van der Waals surface area contributed by atoms with Crippen LogP contribution < -0.4 is 38.9 Å². The number of nitrogens with one attached hydrogen (secondary N) is 3. The highest BCUT2D eigenvalue weighted by Crippen LogP contribution is 2.07. The number of benzene rings is 1. The standard InChI is InChI=1S/C24H36N8O8/c25-14(7-4-10-29-24(27)28)20(36)31-16(11-13-5-2-1-3-6-13)22(38)30-15(8-9-19(34)35)21(37)32-17(23(39)40)12-18(26)33/h1-3,5-6,14-17H,4,7-12,25H2,(H2,26,33)(H,30,38)(H,31,36)(H,32,37)(H,34,35)(H,39,40)(H4,27,28,29). The van der Waals surface area contributed by atoms with Gasteiger partial charge in [-0.3, -0.25) is 29.0 Å². The van der Waals surface area contributed by atoms with Crippen molar-refractivity contribution >= 4 is 41.5 Å². The highest BCUT2D eigenvalue weighted by atomic mass is 16.4. The zero-order valence-electron chi connectivity index (χ0n) is 21.7. The van der Waals surface area contributed by atoms with Gasteiger partial charge in [0.25, 0.3) is 0 Å². The van der Waals surface area contributed by atoms with Crippen LogP contribution in [0.5, 0.6) is 0 Å². The molecule has 1 aromatic rings. The fourth-order valence-electron chi connectivity index (χ4n) is 3.47. The molecule has 0 saturated heterocycles. The number of nitrogens with zero attached hydrogens (tertiary/aromatic N) is 1. The summed E-state index contributed by atoms with van der Waals surface area (Å²) < 4.78 is 0. The van der Waals surface area contributed by atoms with Gasteiger partial charge in [-0.15, -0.1) is 0 Å². The van der Waals surface area contributed by atoms with Gasteiger partial charge in [-0.25, -0.2) is 4.79 Å². The molecule has 4 unspecified atom stereocenters. The lowest BCUT2D eigenvalue weighted by Crippen LogP contribution is -2.57. The minimum atomic E-state index is -1.70. The molecule has 4 amide bonds. The zero-order chi connectivity index (χ0) is 30.2. The topological polar surface area (TPSA) is 295 Å². The van der Waals surface area contributed by atoms with E-state index in [9.17, 15) is 33.9 Å². The number of carbonyl (C=O) groups excluding carboxylic acids is 4. The van der Waals surface area contributed by atoms with Gasteiger partial charge in [0.15, 0.2) is 5.96 Å². The summed E-state index contributed by atoms with van der Waals surface area (Å²) in [5, 5.41) is 25.4. The maximum atomic E-state index is 13.3. The van der Waals surface area contributed by atoms with Crippen LogP contribution in [0.1, 0.15) is 37.7 Å². The molecule has 0 spiro atoms. The van der Waals surface area contributed by atoms with Crippen LogP contribution in [0.4, 0.5) is 0 Å². The molecule has 0 aliphatic carbocycles. The number of aliphatic imine (C=N–C) groups is 1. The molecule has 0 aromatic heterocycles. The van der Waals surface area contributed by atoms with Crippen molar-refractivity contribution in [2.75, 3.05) is 6.54 Å². The second-order valence-electron chi connectivity index (χ2n) is 8.87. The van der Waals surface area contributed by atoms with Crippen molar-refractivity contribution in [1.29, 1.82) is 0 Å². The summed E-state index contributed by atoms with van der Waals surface area (Å²) in [6, 6.07) is 3.13. The van der Waals surface area contributed by atoms with Crippen molar-refractivity contribution in [2.24, 2.45) is 27.9 Å². The average molecular weight is 565 g/mol. The maximum Gasteiger partial charge on any atom is 0.326 e. The Morgan fingerprint density at radius 2 is 1.38 bits per heavy atom. The third-order valence-corrected chi connectivity index (χ3v) is 5.52. The van der Waals surface area contributed by atoms with Crippen LogP contribution in [0.2, 0.25) is 0 Å². The molecule has 16 heteroatoms. The fraction of sp³-hybridized carbons (Fsp3) is 0.458. The quantitative estimate of drug-likeness (QED) is 0.0488. The third kappa shape index (κ3) is 13.2. The molecule has 40 heavy (non-hydrogen) atoms. The number of amides is 4. The van der Waals surface area contributed by atoms with E-state index in [1.807, 2.05) is 0 Å². The molecule has 0 aliphatic rings. The van der Waals surface area contributed by atoms with Gasteiger partial charge in [-0.1, -0.05) is 30.3 Å². The van der Waals surface area contributed by atoms with Gasteiger partial charge >= 0.3 is 11.9 Å². The molecule has 0 fully saturated rings. The smallest absolute Gasteiger partial charge is 0.326 e. The Labute approximate surface area is 229 Å². The van der Waals surface area contributed by atoms with Crippen molar-refractivity contribution < 1.29 is 39.0 Å². The lowest BCUT2D eigenvalue weighted by molar-refractivity contribution is -0.144. The van der Waals surface area contributed by atoms with Gasteiger partial charge in [-0.05, 0) is 24.8 Å². The van der Waals surface area contributed by atoms with E-state index in [0.717, 1.165) is 0 Å². The molecular formula is C24H36N8O8. The minimum absolute atomic E-state index is 0.00811. The Morgan fingerprint density at radius 1 is 0.800 bits per heavy atom. The molecule has 220 valence electrons. The Hall–Kier alpha value is -4.73.